The van der Waals surface area contributed by atoms with Crippen LogP contribution in [-0.4, -0.2) is 37.1 Å². The first-order valence-electron chi connectivity index (χ1n) is 6.46. The molecule has 0 aromatic carbocycles. The van der Waals surface area contributed by atoms with Crippen LogP contribution >= 0.6 is 0 Å². The van der Waals surface area contributed by atoms with Crippen LogP contribution in [0.3, 0.4) is 0 Å². The van der Waals surface area contributed by atoms with Gasteiger partial charge < -0.3 is 14.6 Å². The molecule has 3 unspecified atom stereocenters. The van der Waals surface area contributed by atoms with Gasteiger partial charge in [-0.2, -0.15) is 0 Å². The van der Waals surface area contributed by atoms with Gasteiger partial charge in [-0.05, 0) is 47.6 Å². The summed E-state index contributed by atoms with van der Waals surface area (Å²) in [6, 6.07) is -0.0614. The second-order valence-electron chi connectivity index (χ2n) is 6.33. The summed E-state index contributed by atoms with van der Waals surface area (Å²) >= 11 is 0. The number of hydrogen-bond donors (Lipinski definition) is 1. The third kappa shape index (κ3) is 2.37. The van der Waals surface area contributed by atoms with Crippen LogP contribution in [0.1, 0.15) is 41.0 Å². The molecule has 0 radical (unpaired) electrons. The van der Waals surface area contributed by atoms with Crippen molar-refractivity contribution in [3.05, 3.63) is 0 Å². The Kier molecular flexibility index (Phi) is 3.30. The highest BCUT2D eigenvalue weighted by molar-refractivity contribution is 6.47. The molecule has 0 saturated carbocycles. The first-order chi connectivity index (χ1) is 7.73. The van der Waals surface area contributed by atoms with Crippen LogP contribution in [0.15, 0.2) is 0 Å². The number of nitrogens with one attached hydrogen (secondary N) is 1. The first-order valence-corrected chi connectivity index (χ1v) is 6.46. The van der Waals surface area contributed by atoms with E-state index in [0.717, 1.165) is 6.54 Å². The minimum absolute atomic E-state index is 0.0614. The second kappa shape index (κ2) is 4.21. The van der Waals surface area contributed by atoms with Gasteiger partial charge in [0, 0.05) is 11.9 Å². The third-order valence-electron chi connectivity index (χ3n) is 4.43. The number of rotatable bonds is 1. The highest BCUT2D eigenvalue weighted by Gasteiger charge is 2.54. The van der Waals surface area contributed by atoms with Crippen molar-refractivity contribution >= 4 is 7.12 Å². The zero-order chi connectivity index (χ0) is 12.8. The van der Waals surface area contributed by atoms with Gasteiger partial charge in [0.15, 0.2) is 0 Å². The van der Waals surface area contributed by atoms with E-state index in [-0.39, 0.29) is 30.2 Å². The molecule has 3 nitrogen and oxygen atoms in total. The molecule has 17 heavy (non-hydrogen) atoms. The molecule has 0 spiro atoms. The highest BCUT2D eigenvalue weighted by atomic mass is 19.1. The van der Waals surface area contributed by atoms with Gasteiger partial charge in [0.2, 0.25) is 0 Å². The second-order valence-corrected chi connectivity index (χ2v) is 6.33. The Morgan fingerprint density at radius 3 is 2.18 bits per heavy atom. The molecule has 0 aromatic heterocycles. The normalized spacial score (nSPS) is 40.6. The zero-order valence-electron chi connectivity index (χ0n) is 11.4. The number of hydrogen-bond acceptors (Lipinski definition) is 3. The van der Waals surface area contributed by atoms with Crippen molar-refractivity contribution in [2.45, 2.75) is 70.3 Å². The van der Waals surface area contributed by atoms with E-state index in [1.54, 1.807) is 0 Å². The SMILES string of the molecule is CC1NCC(B2OC(C)(C)C(C)(C)O2)CC1F. The summed E-state index contributed by atoms with van der Waals surface area (Å²) in [6.45, 7) is 10.7. The minimum Gasteiger partial charge on any atom is -0.403 e. The van der Waals surface area contributed by atoms with Gasteiger partial charge in [-0.3, -0.25) is 0 Å². The molecule has 0 aliphatic carbocycles. The van der Waals surface area contributed by atoms with Crippen molar-refractivity contribution in [2.75, 3.05) is 6.54 Å². The van der Waals surface area contributed by atoms with Crippen molar-refractivity contribution in [3.8, 4) is 0 Å². The van der Waals surface area contributed by atoms with Gasteiger partial charge in [0.1, 0.15) is 6.17 Å². The molecular weight excluding hydrogens is 220 g/mol. The van der Waals surface area contributed by atoms with E-state index in [2.05, 4.69) is 5.32 Å². The van der Waals surface area contributed by atoms with Gasteiger partial charge >= 0.3 is 7.12 Å². The Hall–Kier alpha value is -0.125. The van der Waals surface area contributed by atoms with Gasteiger partial charge in [-0.25, -0.2) is 4.39 Å². The lowest BCUT2D eigenvalue weighted by molar-refractivity contribution is 0.00578. The summed E-state index contributed by atoms with van der Waals surface area (Å²) in [5, 5.41) is 3.18. The molecule has 0 bridgehead atoms. The van der Waals surface area contributed by atoms with Gasteiger partial charge in [-0.15, -0.1) is 0 Å². The molecule has 0 aromatic rings. The predicted molar refractivity (Wildman–Crippen MR) is 66.8 cm³/mol. The molecule has 2 heterocycles. The monoisotopic (exact) mass is 243 g/mol. The minimum atomic E-state index is -0.812. The van der Waals surface area contributed by atoms with E-state index in [0.29, 0.717) is 6.42 Å². The van der Waals surface area contributed by atoms with E-state index >= 15 is 0 Å². The van der Waals surface area contributed by atoms with Crippen LogP contribution in [0.5, 0.6) is 0 Å². The van der Waals surface area contributed by atoms with Crippen molar-refractivity contribution in [2.24, 2.45) is 0 Å². The number of alkyl halides is 1. The quantitative estimate of drug-likeness (QED) is 0.716. The van der Waals surface area contributed by atoms with Gasteiger partial charge in [-0.1, -0.05) is 0 Å². The summed E-state index contributed by atoms with van der Waals surface area (Å²) in [4.78, 5) is 0. The summed E-state index contributed by atoms with van der Waals surface area (Å²) in [5.74, 6) is 0.0993. The molecule has 98 valence electrons. The Labute approximate surface area is 104 Å². The summed E-state index contributed by atoms with van der Waals surface area (Å²) < 4.78 is 25.6. The Bertz CT molecular complexity index is 282. The van der Waals surface area contributed by atoms with Crippen LogP contribution in [0.4, 0.5) is 4.39 Å². The Morgan fingerprint density at radius 1 is 1.18 bits per heavy atom. The van der Waals surface area contributed by atoms with Crippen molar-refractivity contribution < 1.29 is 13.7 Å². The fraction of sp³-hybridized carbons (Fsp3) is 1.00. The molecule has 1 N–H and O–H groups in total. The Balaban J connectivity index is 2.02. The van der Waals surface area contributed by atoms with Crippen molar-refractivity contribution in [1.82, 2.24) is 5.32 Å². The molecule has 2 fully saturated rings. The van der Waals surface area contributed by atoms with E-state index in [4.69, 9.17) is 9.31 Å². The van der Waals surface area contributed by atoms with Gasteiger partial charge in [0.25, 0.3) is 0 Å². The molecule has 2 aliphatic rings. The standard InChI is InChI=1S/C12H23BFNO2/c1-8-10(14)6-9(7-15-8)13-16-11(2,3)12(4,5)17-13/h8-10,15H,6-7H2,1-5H3. The lowest BCUT2D eigenvalue weighted by Gasteiger charge is -2.32. The van der Waals surface area contributed by atoms with Crippen LogP contribution in [0, 0.1) is 0 Å². The largest absolute Gasteiger partial charge is 0.462 e. The fourth-order valence-electron chi connectivity index (χ4n) is 2.33. The van der Waals surface area contributed by atoms with Crippen molar-refractivity contribution in [3.63, 3.8) is 0 Å². The van der Waals surface area contributed by atoms with Crippen molar-refractivity contribution in [1.29, 1.82) is 0 Å². The molecule has 2 rings (SSSR count). The average Bonchev–Trinajstić information content (AvgIpc) is 2.41. The van der Waals surface area contributed by atoms with E-state index in [1.165, 1.54) is 0 Å². The summed E-state index contributed by atoms with van der Waals surface area (Å²) in [5.41, 5.74) is -0.654. The summed E-state index contributed by atoms with van der Waals surface area (Å²) in [7, 11) is -0.293. The molecular formula is C12H23BFNO2. The third-order valence-corrected chi connectivity index (χ3v) is 4.43. The molecule has 3 atom stereocenters. The average molecular weight is 243 g/mol. The van der Waals surface area contributed by atoms with E-state index in [9.17, 15) is 4.39 Å². The fourth-order valence-corrected chi connectivity index (χ4v) is 2.33. The zero-order valence-corrected chi connectivity index (χ0v) is 11.4. The van der Waals surface area contributed by atoms with Gasteiger partial charge in [0.05, 0.1) is 11.2 Å². The van der Waals surface area contributed by atoms with Crippen LogP contribution < -0.4 is 5.32 Å². The van der Waals surface area contributed by atoms with Crippen LogP contribution in [0.25, 0.3) is 0 Å². The lowest BCUT2D eigenvalue weighted by atomic mass is 9.67. The maximum Gasteiger partial charge on any atom is 0.462 e. The highest BCUT2D eigenvalue weighted by Crippen LogP contribution is 2.41. The lowest BCUT2D eigenvalue weighted by Crippen LogP contribution is -2.47. The maximum absolute atomic E-state index is 13.7. The molecule has 0 amide bonds. The van der Waals surface area contributed by atoms with E-state index in [1.807, 2.05) is 34.6 Å². The molecule has 5 heteroatoms. The van der Waals surface area contributed by atoms with Crippen LogP contribution in [0.2, 0.25) is 5.82 Å². The maximum atomic E-state index is 13.7. The summed E-state index contributed by atoms with van der Waals surface area (Å²) in [6.07, 6.45) is -0.293. The Morgan fingerprint density at radius 2 is 1.71 bits per heavy atom. The number of piperidine rings is 1. The van der Waals surface area contributed by atoms with E-state index < -0.39 is 6.17 Å². The predicted octanol–water partition coefficient (Wildman–Crippen LogP) is 2.17. The molecule has 2 saturated heterocycles. The topological polar surface area (TPSA) is 30.5 Å². The van der Waals surface area contributed by atoms with Crippen LogP contribution in [-0.2, 0) is 9.31 Å². The smallest absolute Gasteiger partial charge is 0.403 e. The first kappa shape index (κ1) is 13.3. The molecule has 2 aliphatic heterocycles. The number of halogens is 1.